The van der Waals surface area contributed by atoms with Gasteiger partial charge in [-0.2, -0.15) is 0 Å². The molecule has 24 heavy (non-hydrogen) atoms. The maximum atomic E-state index is 13.7. The van der Waals surface area contributed by atoms with E-state index in [9.17, 15) is 4.39 Å². The van der Waals surface area contributed by atoms with Crippen LogP contribution in [0.5, 0.6) is 5.75 Å². The number of ether oxygens (including phenoxy) is 1. The van der Waals surface area contributed by atoms with Crippen LogP contribution in [0.15, 0.2) is 35.3 Å². The van der Waals surface area contributed by atoms with Gasteiger partial charge in [0.15, 0.2) is 17.5 Å². The molecular weight excluding hydrogens is 440 g/mol. The van der Waals surface area contributed by atoms with Crippen molar-refractivity contribution in [3.05, 3.63) is 51.5 Å². The summed E-state index contributed by atoms with van der Waals surface area (Å²) in [4.78, 5) is 7.04. The lowest BCUT2D eigenvalue weighted by Crippen LogP contribution is -2.36. The van der Waals surface area contributed by atoms with Crippen LogP contribution in [-0.4, -0.2) is 19.6 Å². The van der Waals surface area contributed by atoms with E-state index in [1.54, 1.807) is 17.4 Å². The Labute approximate surface area is 163 Å². The first kappa shape index (κ1) is 20.7. The highest BCUT2D eigenvalue weighted by Gasteiger charge is 2.04. The third kappa shape index (κ3) is 6.27. The summed E-state index contributed by atoms with van der Waals surface area (Å²) >= 11 is 1.76. The molecule has 2 N–H and O–H groups in total. The highest BCUT2D eigenvalue weighted by molar-refractivity contribution is 14.0. The van der Waals surface area contributed by atoms with Crippen molar-refractivity contribution in [1.29, 1.82) is 0 Å². The number of guanidine groups is 1. The smallest absolute Gasteiger partial charge is 0.191 e. The second-order valence-corrected chi connectivity index (χ2v) is 6.40. The molecule has 0 unspecified atom stereocenters. The van der Waals surface area contributed by atoms with Gasteiger partial charge in [0.1, 0.15) is 0 Å². The molecule has 2 rings (SSSR count). The fourth-order valence-corrected chi connectivity index (χ4v) is 2.90. The van der Waals surface area contributed by atoms with E-state index < -0.39 is 0 Å². The standard InChI is InChI=1S/C17H22FN3OS.HI/c1-4-19-17(21-11-14-7-5-12(2)23-14)20-10-13-6-8-16(22-3)15(18)9-13;/h5-9H,4,10-11H2,1-3H3,(H2,19,20,21);1H. The molecule has 0 fully saturated rings. The summed E-state index contributed by atoms with van der Waals surface area (Å²) in [5, 5.41) is 6.48. The van der Waals surface area contributed by atoms with Gasteiger partial charge in [-0.05, 0) is 43.7 Å². The molecule has 0 radical (unpaired) electrons. The molecule has 1 aromatic carbocycles. The monoisotopic (exact) mass is 463 g/mol. The van der Waals surface area contributed by atoms with Crippen LogP contribution in [0, 0.1) is 12.7 Å². The second-order valence-electron chi connectivity index (χ2n) is 5.03. The molecule has 1 heterocycles. The van der Waals surface area contributed by atoms with Gasteiger partial charge in [0, 0.05) is 16.3 Å². The van der Waals surface area contributed by atoms with Crippen LogP contribution < -0.4 is 15.4 Å². The molecule has 0 saturated carbocycles. The maximum absolute atomic E-state index is 13.7. The second kappa shape index (κ2) is 10.5. The fraction of sp³-hybridized carbons (Fsp3) is 0.353. The number of nitrogens with one attached hydrogen (secondary N) is 2. The molecule has 4 nitrogen and oxygen atoms in total. The summed E-state index contributed by atoms with van der Waals surface area (Å²) in [6.45, 7) is 6.00. The lowest BCUT2D eigenvalue weighted by molar-refractivity contribution is 0.386. The van der Waals surface area contributed by atoms with Crippen molar-refractivity contribution in [2.45, 2.75) is 26.9 Å². The molecule has 0 aliphatic carbocycles. The van der Waals surface area contributed by atoms with Gasteiger partial charge in [-0.1, -0.05) is 6.07 Å². The maximum Gasteiger partial charge on any atom is 0.191 e. The van der Waals surface area contributed by atoms with Gasteiger partial charge in [-0.3, -0.25) is 0 Å². The first-order valence-corrected chi connectivity index (χ1v) is 8.34. The zero-order valence-electron chi connectivity index (χ0n) is 14.1. The number of methoxy groups -OCH3 is 1. The average Bonchev–Trinajstić information content (AvgIpc) is 2.95. The Morgan fingerprint density at radius 2 is 2.04 bits per heavy atom. The molecular formula is C17H23FIN3OS. The van der Waals surface area contributed by atoms with Gasteiger partial charge >= 0.3 is 0 Å². The van der Waals surface area contributed by atoms with Gasteiger partial charge in [-0.15, -0.1) is 35.3 Å². The Morgan fingerprint density at radius 1 is 1.25 bits per heavy atom. The van der Waals surface area contributed by atoms with Gasteiger partial charge in [-0.25, -0.2) is 9.38 Å². The number of rotatable bonds is 6. The first-order chi connectivity index (χ1) is 11.1. The highest BCUT2D eigenvalue weighted by atomic mass is 127. The molecule has 0 aliphatic heterocycles. The van der Waals surface area contributed by atoms with Crippen molar-refractivity contribution < 1.29 is 9.13 Å². The van der Waals surface area contributed by atoms with Crippen molar-refractivity contribution in [2.75, 3.05) is 13.7 Å². The number of hydrogen-bond acceptors (Lipinski definition) is 3. The van der Waals surface area contributed by atoms with Crippen LogP contribution in [0.2, 0.25) is 0 Å². The van der Waals surface area contributed by atoms with E-state index in [0.717, 1.165) is 24.6 Å². The van der Waals surface area contributed by atoms with Crippen LogP contribution >= 0.6 is 35.3 Å². The predicted octanol–water partition coefficient (Wildman–Crippen LogP) is 4.08. The van der Waals surface area contributed by atoms with Crippen molar-refractivity contribution in [2.24, 2.45) is 4.99 Å². The Bertz CT molecular complexity index is 676. The van der Waals surface area contributed by atoms with Crippen LogP contribution in [0.1, 0.15) is 22.2 Å². The van der Waals surface area contributed by atoms with Gasteiger partial charge in [0.2, 0.25) is 0 Å². The predicted molar refractivity (Wildman–Crippen MR) is 109 cm³/mol. The molecule has 1 aromatic heterocycles. The fourth-order valence-electron chi connectivity index (χ4n) is 2.07. The van der Waals surface area contributed by atoms with Crippen molar-refractivity contribution >= 4 is 41.3 Å². The summed E-state index contributed by atoms with van der Waals surface area (Å²) in [7, 11) is 1.45. The van der Waals surface area contributed by atoms with Crippen LogP contribution in [0.25, 0.3) is 0 Å². The molecule has 7 heteroatoms. The minimum absolute atomic E-state index is 0. The summed E-state index contributed by atoms with van der Waals surface area (Å²) in [5.74, 6) is 0.595. The van der Waals surface area contributed by atoms with E-state index in [1.165, 1.54) is 22.9 Å². The van der Waals surface area contributed by atoms with Gasteiger partial charge < -0.3 is 15.4 Å². The number of aliphatic imine (C=N–C) groups is 1. The zero-order valence-corrected chi connectivity index (χ0v) is 17.2. The van der Waals surface area contributed by atoms with E-state index >= 15 is 0 Å². The van der Waals surface area contributed by atoms with Crippen LogP contribution in [0.4, 0.5) is 4.39 Å². The topological polar surface area (TPSA) is 45.7 Å². The molecule has 0 spiro atoms. The SMILES string of the molecule is CCNC(=NCc1ccc(OC)c(F)c1)NCc1ccc(C)s1.I. The van der Waals surface area contributed by atoms with Gasteiger partial charge in [0.05, 0.1) is 20.2 Å². The molecule has 132 valence electrons. The minimum atomic E-state index is -0.368. The molecule has 0 bridgehead atoms. The highest BCUT2D eigenvalue weighted by Crippen LogP contribution is 2.18. The third-order valence-corrected chi connectivity index (χ3v) is 4.21. The number of nitrogens with zero attached hydrogens (tertiary/aromatic N) is 1. The van der Waals surface area contributed by atoms with Gasteiger partial charge in [0.25, 0.3) is 0 Å². The Morgan fingerprint density at radius 3 is 2.62 bits per heavy atom. The molecule has 2 aromatic rings. The van der Waals surface area contributed by atoms with E-state index in [4.69, 9.17) is 4.74 Å². The first-order valence-electron chi connectivity index (χ1n) is 7.52. The summed E-state index contributed by atoms with van der Waals surface area (Å²) in [6, 6.07) is 9.10. The molecule has 0 amide bonds. The molecule has 0 atom stereocenters. The number of halogens is 2. The van der Waals surface area contributed by atoms with Crippen molar-refractivity contribution in [1.82, 2.24) is 10.6 Å². The number of thiophene rings is 1. The van der Waals surface area contributed by atoms with Crippen molar-refractivity contribution in [3.8, 4) is 5.75 Å². The van der Waals surface area contributed by atoms with E-state index in [0.29, 0.717) is 6.54 Å². The van der Waals surface area contributed by atoms with Crippen molar-refractivity contribution in [3.63, 3.8) is 0 Å². The van der Waals surface area contributed by atoms with Crippen LogP contribution in [-0.2, 0) is 13.1 Å². The summed E-state index contributed by atoms with van der Waals surface area (Å²) < 4.78 is 18.6. The minimum Gasteiger partial charge on any atom is -0.494 e. The lowest BCUT2D eigenvalue weighted by Gasteiger charge is -2.10. The third-order valence-electron chi connectivity index (χ3n) is 3.21. The lowest BCUT2D eigenvalue weighted by atomic mass is 10.2. The Kier molecular flexibility index (Phi) is 9.05. The van der Waals surface area contributed by atoms with Crippen LogP contribution in [0.3, 0.4) is 0 Å². The zero-order chi connectivity index (χ0) is 16.7. The Balaban J connectivity index is 0.00000288. The average molecular weight is 463 g/mol. The Hall–Kier alpha value is -1.35. The summed E-state index contributed by atoms with van der Waals surface area (Å²) in [5.41, 5.74) is 0.799. The summed E-state index contributed by atoms with van der Waals surface area (Å²) in [6.07, 6.45) is 0. The largest absolute Gasteiger partial charge is 0.494 e. The quantitative estimate of drug-likeness (QED) is 0.386. The molecule has 0 saturated heterocycles. The molecule has 0 aliphatic rings. The number of hydrogen-bond donors (Lipinski definition) is 2. The number of benzene rings is 1. The number of aryl methyl sites for hydroxylation is 1. The van der Waals surface area contributed by atoms with E-state index in [2.05, 4.69) is 34.7 Å². The van der Waals surface area contributed by atoms with E-state index in [-0.39, 0.29) is 35.5 Å². The normalized spacial score (nSPS) is 10.9. The van der Waals surface area contributed by atoms with E-state index in [1.807, 2.05) is 13.0 Å².